The van der Waals surface area contributed by atoms with Gasteiger partial charge in [-0.1, -0.05) is 19.1 Å². The fraction of sp³-hybridized carbons (Fsp3) is 0.467. The summed E-state index contributed by atoms with van der Waals surface area (Å²) in [5.74, 6) is 0.390. The van der Waals surface area contributed by atoms with Gasteiger partial charge in [0.1, 0.15) is 6.10 Å². The Morgan fingerprint density at radius 2 is 2.47 bits per heavy atom. The second-order valence-electron chi connectivity index (χ2n) is 4.97. The van der Waals surface area contributed by atoms with E-state index in [1.165, 1.54) is 5.57 Å². The Balaban J connectivity index is 1.89. The maximum absolute atomic E-state index is 11.8. The summed E-state index contributed by atoms with van der Waals surface area (Å²) >= 11 is 0. The van der Waals surface area contributed by atoms with Crippen molar-refractivity contribution in [3.63, 3.8) is 0 Å². The number of allylic oxidation sites excluding steroid dienone is 1. The number of pyridine rings is 1. The van der Waals surface area contributed by atoms with Crippen LogP contribution in [-0.4, -0.2) is 17.2 Å². The zero-order valence-corrected chi connectivity index (χ0v) is 11.3. The van der Waals surface area contributed by atoms with Crippen LogP contribution >= 0.6 is 0 Å². The molecule has 0 bridgehead atoms. The Labute approximate surface area is 113 Å². The van der Waals surface area contributed by atoms with Crippen molar-refractivity contribution in [2.75, 3.05) is 5.32 Å². The molecule has 1 fully saturated rings. The molecular weight excluding hydrogens is 240 g/mol. The van der Waals surface area contributed by atoms with E-state index < -0.39 is 6.09 Å². The number of aromatic nitrogens is 1. The van der Waals surface area contributed by atoms with Crippen LogP contribution in [0.3, 0.4) is 0 Å². The van der Waals surface area contributed by atoms with Crippen LogP contribution in [0.1, 0.15) is 32.6 Å². The van der Waals surface area contributed by atoms with Crippen molar-refractivity contribution < 1.29 is 9.53 Å². The van der Waals surface area contributed by atoms with Crippen LogP contribution in [0.5, 0.6) is 0 Å². The summed E-state index contributed by atoms with van der Waals surface area (Å²) in [5, 5.41) is 2.70. The molecule has 1 heterocycles. The number of ether oxygens (including phenoxy) is 1. The molecular formula is C15H20N2O2. The molecule has 1 saturated carbocycles. The molecule has 4 heteroatoms. The number of nitrogens with one attached hydrogen (secondary N) is 1. The molecule has 1 aromatic heterocycles. The van der Waals surface area contributed by atoms with Gasteiger partial charge in [-0.3, -0.25) is 10.3 Å². The summed E-state index contributed by atoms with van der Waals surface area (Å²) < 4.78 is 5.53. The van der Waals surface area contributed by atoms with Gasteiger partial charge in [0.05, 0.1) is 11.9 Å². The number of hydrogen-bond donors (Lipinski definition) is 1. The Morgan fingerprint density at radius 1 is 1.63 bits per heavy atom. The summed E-state index contributed by atoms with van der Waals surface area (Å²) in [6, 6.07) is 3.56. The highest BCUT2D eigenvalue weighted by molar-refractivity contribution is 5.84. The molecule has 1 amide bonds. The Kier molecular flexibility index (Phi) is 4.55. The Hall–Kier alpha value is -1.84. The first-order chi connectivity index (χ1) is 9.19. The van der Waals surface area contributed by atoms with E-state index in [2.05, 4.69) is 23.8 Å². The standard InChI is InChI=1S/C15H20N2O2/c1-3-12-9-11(2)6-7-14(12)19-15(18)17-13-5-4-8-16-10-13/h4-5,8,10,12,14H,2-3,6-7,9H2,1H3,(H,17,18). The van der Waals surface area contributed by atoms with Crippen molar-refractivity contribution in [2.45, 2.75) is 38.7 Å². The van der Waals surface area contributed by atoms with Crippen LogP contribution in [0.25, 0.3) is 0 Å². The van der Waals surface area contributed by atoms with Crippen LogP contribution in [0.4, 0.5) is 10.5 Å². The van der Waals surface area contributed by atoms with Crippen LogP contribution in [0.2, 0.25) is 0 Å². The first-order valence-corrected chi connectivity index (χ1v) is 6.73. The number of nitrogens with zero attached hydrogens (tertiary/aromatic N) is 1. The van der Waals surface area contributed by atoms with Crippen LogP contribution in [0, 0.1) is 5.92 Å². The van der Waals surface area contributed by atoms with Crippen LogP contribution in [-0.2, 0) is 4.74 Å². The average Bonchev–Trinajstić information content (AvgIpc) is 2.42. The first kappa shape index (κ1) is 13.6. The molecule has 2 atom stereocenters. The topological polar surface area (TPSA) is 51.2 Å². The van der Waals surface area contributed by atoms with Crippen molar-refractivity contribution in [3.8, 4) is 0 Å². The molecule has 19 heavy (non-hydrogen) atoms. The largest absolute Gasteiger partial charge is 0.446 e. The molecule has 1 N–H and O–H groups in total. The van der Waals surface area contributed by atoms with Gasteiger partial charge in [-0.15, -0.1) is 0 Å². The molecule has 0 spiro atoms. The summed E-state index contributed by atoms with van der Waals surface area (Å²) in [5.41, 5.74) is 1.92. The molecule has 2 rings (SSSR count). The van der Waals surface area contributed by atoms with E-state index in [-0.39, 0.29) is 6.10 Å². The zero-order valence-electron chi connectivity index (χ0n) is 11.3. The Bertz CT molecular complexity index is 445. The molecule has 0 aromatic carbocycles. The predicted octanol–water partition coefficient (Wildman–Crippen LogP) is 3.77. The summed E-state index contributed by atoms with van der Waals surface area (Å²) in [6.07, 6.45) is 6.64. The lowest BCUT2D eigenvalue weighted by Crippen LogP contribution is -2.32. The van der Waals surface area contributed by atoms with Crippen LogP contribution < -0.4 is 5.32 Å². The molecule has 1 aromatic rings. The lowest BCUT2D eigenvalue weighted by Gasteiger charge is -2.31. The molecule has 0 aliphatic heterocycles. The lowest BCUT2D eigenvalue weighted by atomic mass is 9.82. The van der Waals surface area contributed by atoms with E-state index in [0.717, 1.165) is 25.7 Å². The number of carbonyl (C=O) groups is 1. The predicted molar refractivity (Wildman–Crippen MR) is 74.9 cm³/mol. The SMILES string of the molecule is C=C1CCC(OC(=O)Nc2cccnc2)C(CC)C1. The Morgan fingerprint density at radius 3 is 3.16 bits per heavy atom. The van der Waals surface area contributed by atoms with Gasteiger partial charge in [0.15, 0.2) is 0 Å². The average molecular weight is 260 g/mol. The van der Waals surface area contributed by atoms with E-state index in [9.17, 15) is 4.79 Å². The quantitative estimate of drug-likeness (QED) is 0.842. The normalized spacial score (nSPS) is 22.9. The van der Waals surface area contributed by atoms with E-state index in [1.807, 2.05) is 0 Å². The van der Waals surface area contributed by atoms with Crippen molar-refractivity contribution in [1.82, 2.24) is 4.98 Å². The second-order valence-corrected chi connectivity index (χ2v) is 4.97. The number of hydrogen-bond acceptors (Lipinski definition) is 3. The van der Waals surface area contributed by atoms with Gasteiger partial charge in [-0.2, -0.15) is 0 Å². The number of carbonyl (C=O) groups excluding carboxylic acids is 1. The van der Waals surface area contributed by atoms with E-state index in [4.69, 9.17) is 4.74 Å². The van der Waals surface area contributed by atoms with Gasteiger partial charge < -0.3 is 4.74 Å². The smallest absolute Gasteiger partial charge is 0.411 e. The molecule has 4 nitrogen and oxygen atoms in total. The van der Waals surface area contributed by atoms with Crippen molar-refractivity contribution in [2.24, 2.45) is 5.92 Å². The van der Waals surface area contributed by atoms with E-state index >= 15 is 0 Å². The summed E-state index contributed by atoms with van der Waals surface area (Å²) in [4.78, 5) is 15.8. The minimum atomic E-state index is -0.399. The maximum atomic E-state index is 11.8. The molecule has 0 saturated heterocycles. The molecule has 0 radical (unpaired) electrons. The van der Waals surface area contributed by atoms with Crippen molar-refractivity contribution >= 4 is 11.8 Å². The van der Waals surface area contributed by atoms with Gasteiger partial charge >= 0.3 is 6.09 Å². The van der Waals surface area contributed by atoms with Crippen LogP contribution in [0.15, 0.2) is 36.7 Å². The highest BCUT2D eigenvalue weighted by atomic mass is 16.6. The van der Waals surface area contributed by atoms with E-state index in [1.54, 1.807) is 24.5 Å². The lowest BCUT2D eigenvalue weighted by molar-refractivity contribution is 0.0550. The number of rotatable bonds is 3. The fourth-order valence-electron chi connectivity index (χ4n) is 2.47. The van der Waals surface area contributed by atoms with Crippen molar-refractivity contribution in [1.29, 1.82) is 0 Å². The minimum absolute atomic E-state index is 0.00725. The number of amides is 1. The third-order valence-electron chi connectivity index (χ3n) is 3.55. The number of anilines is 1. The summed E-state index contributed by atoms with van der Waals surface area (Å²) in [7, 11) is 0. The van der Waals surface area contributed by atoms with Gasteiger partial charge in [0.2, 0.25) is 0 Å². The highest BCUT2D eigenvalue weighted by Gasteiger charge is 2.28. The summed E-state index contributed by atoms with van der Waals surface area (Å²) in [6.45, 7) is 6.15. The minimum Gasteiger partial charge on any atom is -0.446 e. The first-order valence-electron chi connectivity index (χ1n) is 6.73. The maximum Gasteiger partial charge on any atom is 0.411 e. The van der Waals surface area contributed by atoms with E-state index in [0.29, 0.717) is 11.6 Å². The van der Waals surface area contributed by atoms with Gasteiger partial charge in [0, 0.05) is 6.20 Å². The third-order valence-corrected chi connectivity index (χ3v) is 3.55. The molecule has 1 aliphatic rings. The third kappa shape index (κ3) is 3.81. The molecule has 2 unspecified atom stereocenters. The van der Waals surface area contributed by atoms with Gasteiger partial charge in [-0.25, -0.2) is 4.79 Å². The zero-order chi connectivity index (χ0) is 13.7. The van der Waals surface area contributed by atoms with Gasteiger partial charge in [-0.05, 0) is 43.7 Å². The fourth-order valence-corrected chi connectivity index (χ4v) is 2.47. The second kappa shape index (κ2) is 6.36. The van der Waals surface area contributed by atoms with Crippen molar-refractivity contribution in [3.05, 3.63) is 36.7 Å². The molecule has 1 aliphatic carbocycles. The van der Waals surface area contributed by atoms with Gasteiger partial charge in [0.25, 0.3) is 0 Å². The molecule has 102 valence electrons. The monoisotopic (exact) mass is 260 g/mol. The highest BCUT2D eigenvalue weighted by Crippen LogP contribution is 2.32.